The highest BCUT2D eigenvalue weighted by Gasteiger charge is 2.30. The molecule has 2 amide bonds. The van der Waals surface area contributed by atoms with Gasteiger partial charge in [0, 0.05) is 6.42 Å². The van der Waals surface area contributed by atoms with Gasteiger partial charge in [-0.05, 0) is 16.7 Å². The number of rotatable bonds is 12. The first-order valence-corrected chi connectivity index (χ1v) is 11.6. The van der Waals surface area contributed by atoms with Gasteiger partial charge in [-0.1, -0.05) is 90.9 Å². The van der Waals surface area contributed by atoms with Crippen LogP contribution in [0.4, 0.5) is 4.79 Å². The van der Waals surface area contributed by atoms with Crippen LogP contribution in [0.2, 0.25) is 0 Å². The first-order chi connectivity index (χ1) is 20.5. The third-order valence-corrected chi connectivity index (χ3v) is 5.20. The molecule has 38 heavy (non-hydrogen) atoms. The highest BCUT2D eigenvalue weighted by Crippen LogP contribution is 2.08. The molecule has 0 aliphatic heterocycles. The molecule has 0 radical (unpaired) electrons. The Hall–Kier alpha value is -4.66. The highest BCUT2D eigenvalue weighted by atomic mass is 16.6. The monoisotopic (exact) mass is 523 g/mol. The van der Waals surface area contributed by atoms with Crippen molar-refractivity contribution in [1.82, 2.24) is 10.6 Å². The van der Waals surface area contributed by atoms with Crippen molar-refractivity contribution in [1.29, 1.82) is 0 Å². The van der Waals surface area contributed by atoms with E-state index in [0.717, 1.165) is 7.11 Å². The quantitative estimate of drug-likeness (QED) is 0.276. The van der Waals surface area contributed by atoms with E-state index in [4.69, 9.17) is 21.1 Å². The average molecular weight is 524 g/mol. The van der Waals surface area contributed by atoms with Gasteiger partial charge in [0.05, 0.1) is 20.4 Å². The molecule has 0 spiro atoms. The molecule has 0 aromatic heterocycles. The summed E-state index contributed by atoms with van der Waals surface area (Å²) in [5.74, 6) is -2.83. The number of amides is 2. The summed E-state index contributed by atoms with van der Waals surface area (Å²) in [6, 6.07) is 11.4. The summed E-state index contributed by atoms with van der Waals surface area (Å²) in [7, 11) is 1.04. The van der Waals surface area contributed by atoms with Gasteiger partial charge in [-0.2, -0.15) is 0 Å². The lowest BCUT2D eigenvalue weighted by atomic mass is 10.1. The summed E-state index contributed by atoms with van der Waals surface area (Å²) in [5.41, 5.74) is 1.12. The van der Waals surface area contributed by atoms with Gasteiger partial charge in [-0.25, -0.2) is 9.59 Å². The third kappa shape index (κ3) is 9.42. The molecule has 3 rings (SSSR count). The van der Waals surface area contributed by atoms with Crippen molar-refractivity contribution in [2.45, 2.75) is 38.1 Å². The second-order valence-electron chi connectivity index (χ2n) is 8.00. The number of hydrogen-bond donors (Lipinski definition) is 2. The summed E-state index contributed by atoms with van der Waals surface area (Å²) in [5, 5.41) is 4.66. The topological polar surface area (TPSA) is 120 Å². The normalized spacial score (nSPS) is 13.8. The molecule has 9 nitrogen and oxygen atoms in total. The maximum Gasteiger partial charge on any atom is 0.408 e. The number of hydrogen-bond acceptors (Lipinski definition) is 7. The van der Waals surface area contributed by atoms with Gasteiger partial charge in [0.2, 0.25) is 5.91 Å². The van der Waals surface area contributed by atoms with Crippen LogP contribution in [-0.2, 0) is 48.2 Å². The van der Waals surface area contributed by atoms with Crippen LogP contribution in [-0.4, -0.2) is 43.1 Å². The standard InChI is InChI=1S/C29H30N2O7/c1-36-28(34)25(17-21-11-5-2-6-12-21)30-27(33)24(18-26(32)37-19-22-13-7-3-8-14-22)31-29(35)38-20-23-15-9-4-10-16-23/h2-16,24-25H,17-20H2,1H3,(H,30,33)(H,31,35)/t24-,25-/m0/s1/i2D,5D,6D,11D,12D. The number of carbonyl (C=O) groups is 4. The van der Waals surface area contributed by atoms with Crippen LogP contribution in [0, 0.1) is 0 Å². The van der Waals surface area contributed by atoms with E-state index >= 15 is 0 Å². The SMILES string of the molecule is [2H]c1c([2H])c([2H])c(C[C@H](NC(=O)[C@H](CC(=O)OCc2ccccc2)NC(=O)OCc2ccccc2)C(=O)OC)c([2H])c1[2H]. The van der Waals surface area contributed by atoms with E-state index in [2.05, 4.69) is 10.6 Å². The van der Waals surface area contributed by atoms with Crippen LogP contribution in [0.5, 0.6) is 0 Å². The number of esters is 2. The maximum absolute atomic E-state index is 13.3. The summed E-state index contributed by atoms with van der Waals surface area (Å²) in [4.78, 5) is 51.2. The maximum atomic E-state index is 13.3. The smallest absolute Gasteiger partial charge is 0.408 e. The first kappa shape index (κ1) is 21.4. The minimum absolute atomic E-state index is 0.0906. The van der Waals surface area contributed by atoms with Crippen LogP contribution in [0.25, 0.3) is 0 Å². The number of alkyl carbamates (subject to hydrolysis) is 1. The van der Waals surface area contributed by atoms with Gasteiger partial charge >= 0.3 is 18.0 Å². The summed E-state index contributed by atoms with van der Waals surface area (Å²) >= 11 is 0. The third-order valence-electron chi connectivity index (χ3n) is 5.20. The van der Waals surface area contributed by atoms with Crippen molar-refractivity contribution < 1.29 is 40.2 Å². The van der Waals surface area contributed by atoms with Crippen molar-refractivity contribution >= 4 is 23.9 Å². The molecular weight excluding hydrogens is 488 g/mol. The van der Waals surface area contributed by atoms with Crippen molar-refractivity contribution in [2.75, 3.05) is 7.11 Å². The van der Waals surface area contributed by atoms with Crippen LogP contribution >= 0.6 is 0 Å². The van der Waals surface area contributed by atoms with E-state index in [1.54, 1.807) is 60.7 Å². The Bertz CT molecular complexity index is 1370. The fourth-order valence-electron chi connectivity index (χ4n) is 3.27. The van der Waals surface area contributed by atoms with E-state index < -0.39 is 79.1 Å². The molecule has 0 saturated carbocycles. The van der Waals surface area contributed by atoms with Gasteiger partial charge < -0.3 is 24.8 Å². The second kappa shape index (κ2) is 14.8. The molecule has 0 saturated heterocycles. The molecule has 2 atom stereocenters. The van der Waals surface area contributed by atoms with Gasteiger partial charge in [0.15, 0.2) is 0 Å². The first-order valence-electron chi connectivity index (χ1n) is 14.1. The van der Waals surface area contributed by atoms with Crippen molar-refractivity contribution in [3.05, 3.63) is 108 Å². The number of nitrogens with one attached hydrogen (secondary N) is 2. The predicted octanol–water partition coefficient (Wildman–Crippen LogP) is 3.32. The van der Waals surface area contributed by atoms with Gasteiger partial charge in [-0.3, -0.25) is 9.59 Å². The van der Waals surface area contributed by atoms with Gasteiger partial charge in [0.1, 0.15) is 25.3 Å². The lowest BCUT2D eigenvalue weighted by Crippen LogP contribution is -2.53. The van der Waals surface area contributed by atoms with E-state index in [1.807, 2.05) is 0 Å². The number of benzene rings is 3. The second-order valence-corrected chi connectivity index (χ2v) is 8.00. The molecule has 9 heteroatoms. The van der Waals surface area contributed by atoms with Crippen LogP contribution < -0.4 is 10.6 Å². The zero-order valence-electron chi connectivity index (χ0n) is 25.6. The number of ether oxygens (including phenoxy) is 3. The highest BCUT2D eigenvalue weighted by molar-refractivity contribution is 5.92. The molecule has 0 aliphatic rings. The van der Waals surface area contributed by atoms with E-state index in [9.17, 15) is 19.2 Å². The van der Waals surface area contributed by atoms with Crippen LogP contribution in [0.3, 0.4) is 0 Å². The lowest BCUT2D eigenvalue weighted by molar-refractivity contribution is -0.147. The summed E-state index contributed by atoms with van der Waals surface area (Å²) in [6.07, 6.45) is -2.19. The molecule has 3 aromatic rings. The Morgan fingerprint density at radius 2 is 1.34 bits per heavy atom. The summed E-state index contributed by atoms with van der Waals surface area (Å²) in [6.45, 7) is -0.216. The van der Waals surface area contributed by atoms with E-state index in [-0.39, 0.29) is 18.8 Å². The van der Waals surface area contributed by atoms with Crippen molar-refractivity contribution in [3.8, 4) is 0 Å². The molecule has 3 aromatic carbocycles. The van der Waals surface area contributed by atoms with E-state index in [1.165, 1.54) is 0 Å². The minimum Gasteiger partial charge on any atom is -0.467 e. The predicted molar refractivity (Wildman–Crippen MR) is 138 cm³/mol. The fourth-order valence-corrected chi connectivity index (χ4v) is 3.27. The minimum atomic E-state index is -1.57. The lowest BCUT2D eigenvalue weighted by Gasteiger charge is -2.22. The molecule has 0 heterocycles. The van der Waals surface area contributed by atoms with Gasteiger partial charge in [-0.15, -0.1) is 0 Å². The number of carbonyl (C=O) groups excluding carboxylic acids is 4. The van der Waals surface area contributed by atoms with Crippen molar-refractivity contribution in [2.24, 2.45) is 0 Å². The molecule has 0 unspecified atom stereocenters. The van der Waals surface area contributed by atoms with Crippen LogP contribution in [0.15, 0.2) is 90.9 Å². The average Bonchev–Trinajstić information content (AvgIpc) is 3.02. The molecule has 198 valence electrons. The Kier molecular flexibility index (Phi) is 8.34. The number of methoxy groups -OCH3 is 1. The Labute approximate surface area is 228 Å². The molecule has 0 bridgehead atoms. The molecule has 2 N–H and O–H groups in total. The summed E-state index contributed by atoms with van der Waals surface area (Å²) < 4.78 is 55.0. The van der Waals surface area contributed by atoms with Crippen LogP contribution in [0.1, 0.15) is 30.0 Å². The Morgan fingerprint density at radius 3 is 1.92 bits per heavy atom. The van der Waals surface area contributed by atoms with E-state index in [0.29, 0.717) is 11.1 Å². The molecule has 0 aliphatic carbocycles. The zero-order valence-corrected chi connectivity index (χ0v) is 20.6. The molecular formula is C29H30N2O7. The Morgan fingerprint density at radius 1 is 0.763 bits per heavy atom. The zero-order chi connectivity index (χ0) is 31.5. The van der Waals surface area contributed by atoms with Gasteiger partial charge in [0.25, 0.3) is 0 Å². The van der Waals surface area contributed by atoms with Crippen molar-refractivity contribution in [3.63, 3.8) is 0 Å². The Balaban J connectivity index is 1.79. The fraction of sp³-hybridized carbons (Fsp3) is 0.241. The largest absolute Gasteiger partial charge is 0.467 e. The molecule has 0 fully saturated rings.